The van der Waals surface area contributed by atoms with Gasteiger partial charge in [0, 0.05) is 57.7 Å². The smallest absolute Gasteiger partial charge is 0.343 e. The highest BCUT2D eigenvalue weighted by Gasteiger charge is 2.43. The molecule has 1 aromatic rings. The van der Waals surface area contributed by atoms with Crippen LogP contribution in [0.1, 0.15) is 71.9 Å². The van der Waals surface area contributed by atoms with Crippen LogP contribution in [0.3, 0.4) is 0 Å². The van der Waals surface area contributed by atoms with Gasteiger partial charge in [0.1, 0.15) is 0 Å². The molecule has 8 heteroatoms. The van der Waals surface area contributed by atoms with E-state index in [1.807, 2.05) is 23.1 Å². The second-order valence-electron chi connectivity index (χ2n) is 12.9. The van der Waals surface area contributed by atoms with Crippen LogP contribution < -0.4 is 0 Å². The summed E-state index contributed by atoms with van der Waals surface area (Å²) in [6, 6.07) is 9.84. The molecule has 4 rings (SSSR count). The first-order valence-electron chi connectivity index (χ1n) is 14.6. The zero-order valence-electron chi connectivity index (χ0n) is 24.5. The van der Waals surface area contributed by atoms with E-state index in [4.69, 9.17) is 0 Å². The zero-order valence-corrected chi connectivity index (χ0v) is 24.5. The van der Waals surface area contributed by atoms with Crippen LogP contribution in [0.4, 0.5) is 13.2 Å². The summed E-state index contributed by atoms with van der Waals surface area (Å²) in [5.74, 6) is -0.0705. The zero-order chi connectivity index (χ0) is 29.2. The van der Waals surface area contributed by atoms with Crippen LogP contribution in [0.2, 0.25) is 0 Å². The first-order valence-corrected chi connectivity index (χ1v) is 14.6. The molecule has 0 N–H and O–H groups in total. The van der Waals surface area contributed by atoms with Crippen LogP contribution in [-0.2, 0) is 9.59 Å². The van der Waals surface area contributed by atoms with Gasteiger partial charge in [-0.3, -0.25) is 14.5 Å². The van der Waals surface area contributed by atoms with Gasteiger partial charge in [-0.2, -0.15) is 13.2 Å². The molecule has 2 heterocycles. The molecule has 2 saturated heterocycles. The van der Waals surface area contributed by atoms with Crippen LogP contribution in [-0.4, -0.2) is 71.5 Å². The summed E-state index contributed by atoms with van der Waals surface area (Å²) in [5, 5.41) is 0. The fraction of sp³-hybridized carbons (Fsp3) is 0.625. The highest BCUT2D eigenvalue weighted by atomic mass is 19.4. The number of piperazine rings is 1. The van der Waals surface area contributed by atoms with Crippen LogP contribution in [0, 0.1) is 17.3 Å². The number of nitrogens with zero attached hydrogens (tertiary/aromatic N) is 3. The molecule has 5 nitrogen and oxygen atoms in total. The molecule has 3 atom stereocenters. The van der Waals surface area contributed by atoms with E-state index in [1.54, 1.807) is 19.9 Å². The average Bonchev–Trinajstić information content (AvgIpc) is 2.88. The van der Waals surface area contributed by atoms with Crippen LogP contribution in [0.5, 0.6) is 0 Å². The molecule has 2 aliphatic heterocycles. The monoisotopic (exact) mass is 559 g/mol. The number of allylic oxidation sites excluding steroid dienone is 3. The highest BCUT2D eigenvalue weighted by molar-refractivity contribution is 5.77. The Hall–Kier alpha value is -2.61. The van der Waals surface area contributed by atoms with Crippen molar-refractivity contribution >= 4 is 11.8 Å². The second kappa shape index (κ2) is 12.1. The van der Waals surface area contributed by atoms with E-state index in [0.717, 1.165) is 24.0 Å². The number of benzene rings is 1. The van der Waals surface area contributed by atoms with Gasteiger partial charge in [-0.15, -0.1) is 0 Å². The van der Waals surface area contributed by atoms with E-state index in [2.05, 4.69) is 42.7 Å². The van der Waals surface area contributed by atoms with Gasteiger partial charge in [-0.05, 0) is 47.6 Å². The highest BCUT2D eigenvalue weighted by Crippen LogP contribution is 2.43. The van der Waals surface area contributed by atoms with Gasteiger partial charge in [0.25, 0.3) is 0 Å². The van der Waals surface area contributed by atoms with Gasteiger partial charge in [0.05, 0.1) is 6.04 Å². The number of amides is 2. The Labute approximate surface area is 237 Å². The fourth-order valence-corrected chi connectivity index (χ4v) is 6.66. The van der Waals surface area contributed by atoms with Gasteiger partial charge in [-0.1, -0.05) is 70.2 Å². The fourth-order valence-electron chi connectivity index (χ4n) is 6.66. The summed E-state index contributed by atoms with van der Waals surface area (Å²) in [5.41, 5.74) is 1.40. The van der Waals surface area contributed by atoms with Crippen molar-refractivity contribution in [3.05, 3.63) is 59.2 Å². The second-order valence-corrected chi connectivity index (χ2v) is 12.9. The van der Waals surface area contributed by atoms with Gasteiger partial charge < -0.3 is 9.80 Å². The van der Waals surface area contributed by atoms with Crippen molar-refractivity contribution in [1.82, 2.24) is 14.7 Å². The van der Waals surface area contributed by atoms with E-state index in [0.29, 0.717) is 45.6 Å². The first kappa shape index (κ1) is 30.4. The minimum atomic E-state index is -4.32. The van der Waals surface area contributed by atoms with E-state index in [-0.39, 0.29) is 35.2 Å². The summed E-state index contributed by atoms with van der Waals surface area (Å²) < 4.78 is 40.7. The number of carbonyl (C=O) groups excluding carboxylic acids is 2. The number of carbonyl (C=O) groups is 2. The third-order valence-electron chi connectivity index (χ3n) is 8.96. The molecule has 2 unspecified atom stereocenters. The third kappa shape index (κ3) is 6.99. The predicted octanol–water partition coefficient (Wildman–Crippen LogP) is 6.39. The van der Waals surface area contributed by atoms with Crippen LogP contribution in [0.25, 0.3) is 0 Å². The topological polar surface area (TPSA) is 43.9 Å². The molecule has 2 fully saturated rings. The molecular formula is C32H44F3N3O2. The number of likely N-dealkylation sites (tertiary alicyclic amines) is 1. The summed E-state index contributed by atoms with van der Waals surface area (Å²) in [7, 11) is 0. The van der Waals surface area contributed by atoms with Crippen molar-refractivity contribution in [3.8, 4) is 0 Å². The molecule has 40 heavy (non-hydrogen) atoms. The Morgan fingerprint density at radius 3 is 2.17 bits per heavy atom. The molecule has 1 aromatic carbocycles. The molecule has 0 spiro atoms. The lowest BCUT2D eigenvalue weighted by molar-refractivity contribution is -0.141. The number of halogens is 3. The van der Waals surface area contributed by atoms with E-state index >= 15 is 0 Å². The predicted molar refractivity (Wildman–Crippen MR) is 151 cm³/mol. The van der Waals surface area contributed by atoms with Gasteiger partial charge in [-0.25, -0.2) is 0 Å². The molecule has 0 radical (unpaired) electrons. The van der Waals surface area contributed by atoms with E-state index in [1.165, 1.54) is 6.08 Å². The SMILES string of the molecule is CC(=O)N1CCC(CC(=O)N2CCN(C(C3=CC=C(C(F)(F)F)C(C)C3)c3ccccc3)C[C@@H]2C(C)(C)C)CC1. The Bertz CT molecular complexity index is 1110. The Kier molecular flexibility index (Phi) is 9.18. The van der Waals surface area contributed by atoms with E-state index < -0.39 is 17.7 Å². The minimum Gasteiger partial charge on any atom is -0.343 e. The number of hydrogen-bond donors (Lipinski definition) is 0. The normalized spacial score (nSPS) is 24.4. The molecule has 0 saturated carbocycles. The van der Waals surface area contributed by atoms with Crippen molar-refractivity contribution in [1.29, 1.82) is 0 Å². The quantitative estimate of drug-likeness (QED) is 0.420. The summed E-state index contributed by atoms with van der Waals surface area (Å²) in [6.07, 6.45) is 1.16. The lowest BCUT2D eigenvalue weighted by Gasteiger charge is -2.50. The van der Waals surface area contributed by atoms with Gasteiger partial charge in [0.15, 0.2) is 0 Å². The number of piperidine rings is 1. The van der Waals surface area contributed by atoms with Gasteiger partial charge >= 0.3 is 6.18 Å². The molecular weight excluding hydrogens is 515 g/mol. The lowest BCUT2D eigenvalue weighted by Crippen LogP contribution is -2.60. The van der Waals surface area contributed by atoms with E-state index in [9.17, 15) is 22.8 Å². The molecule has 1 aliphatic carbocycles. The maximum absolute atomic E-state index is 13.7. The maximum Gasteiger partial charge on any atom is 0.412 e. The van der Waals surface area contributed by atoms with Crippen molar-refractivity contribution in [2.75, 3.05) is 32.7 Å². The van der Waals surface area contributed by atoms with Crippen molar-refractivity contribution in [3.63, 3.8) is 0 Å². The average molecular weight is 560 g/mol. The Balaban J connectivity index is 1.55. The van der Waals surface area contributed by atoms with Crippen molar-refractivity contribution < 1.29 is 22.8 Å². The van der Waals surface area contributed by atoms with Gasteiger partial charge in [0.2, 0.25) is 11.8 Å². The molecule has 3 aliphatic rings. The minimum absolute atomic E-state index is 0.0276. The van der Waals surface area contributed by atoms with Crippen LogP contribution >= 0.6 is 0 Å². The summed E-state index contributed by atoms with van der Waals surface area (Å²) in [4.78, 5) is 31.6. The number of rotatable bonds is 5. The number of hydrogen-bond acceptors (Lipinski definition) is 3. The molecule has 220 valence electrons. The van der Waals surface area contributed by atoms with Crippen molar-refractivity contribution in [2.45, 2.75) is 78.6 Å². The molecule has 2 amide bonds. The summed E-state index contributed by atoms with van der Waals surface area (Å²) in [6.45, 7) is 13.0. The lowest BCUT2D eigenvalue weighted by atomic mass is 9.80. The maximum atomic E-state index is 13.7. The van der Waals surface area contributed by atoms with Crippen molar-refractivity contribution in [2.24, 2.45) is 17.3 Å². The first-order chi connectivity index (χ1) is 18.8. The molecule has 0 aromatic heterocycles. The molecule has 0 bridgehead atoms. The summed E-state index contributed by atoms with van der Waals surface area (Å²) >= 11 is 0. The Morgan fingerprint density at radius 2 is 1.62 bits per heavy atom. The number of alkyl halides is 3. The largest absolute Gasteiger partial charge is 0.412 e. The standard InChI is InChI=1S/C32H44F3N3O2/c1-22-19-26(11-12-27(22)32(33,34)35)30(25-9-7-6-8-10-25)37-17-18-38(28(21-37)31(3,4)5)29(40)20-24-13-15-36(16-14-24)23(2)39/h6-12,22,24,28,30H,13-21H2,1-5H3/t22?,28-,30?/m1/s1. The van der Waals surface area contributed by atoms with Crippen LogP contribution in [0.15, 0.2) is 53.6 Å². The Morgan fingerprint density at radius 1 is 0.975 bits per heavy atom. The third-order valence-corrected chi connectivity index (χ3v) is 8.96.